The fourth-order valence-corrected chi connectivity index (χ4v) is 5.72. The zero-order chi connectivity index (χ0) is 22.5. The third kappa shape index (κ3) is 5.48. The molecule has 2 aromatic rings. The molecule has 2 rings (SSSR count). The van der Waals surface area contributed by atoms with Crippen LogP contribution in [0.25, 0.3) is 0 Å². The van der Waals surface area contributed by atoms with Gasteiger partial charge >= 0.3 is 0 Å². The molecule has 1 N–H and O–H groups in total. The van der Waals surface area contributed by atoms with Crippen molar-refractivity contribution in [3.8, 4) is 5.75 Å². The lowest BCUT2D eigenvalue weighted by molar-refractivity contribution is 0.0561. The second-order valence-electron chi connectivity index (χ2n) is 9.76. The monoisotopic (exact) mass is 430 g/mol. The standard InChI is InChI=1S/C27H42O2S/c1-9-16-29-22-13-12-21(17-19(22)4)27(10-2,11-3)25-18-20(5)23(30-25)14-15-24(28)26(6,7)8/h12-13,17-18,24,28H,9-11,14-16H2,1-8H3. The molecule has 0 aliphatic rings. The molecule has 0 fully saturated rings. The molecular weight excluding hydrogens is 388 g/mol. The van der Waals surface area contributed by atoms with Gasteiger partial charge in [-0.05, 0) is 80.2 Å². The van der Waals surface area contributed by atoms with Crippen molar-refractivity contribution in [1.82, 2.24) is 0 Å². The second kappa shape index (κ2) is 10.3. The third-order valence-electron chi connectivity index (χ3n) is 6.53. The van der Waals surface area contributed by atoms with E-state index in [1.165, 1.54) is 26.4 Å². The third-order valence-corrected chi connectivity index (χ3v) is 8.03. The largest absolute Gasteiger partial charge is 0.493 e. The highest BCUT2D eigenvalue weighted by Crippen LogP contribution is 2.44. The van der Waals surface area contributed by atoms with Gasteiger partial charge in [-0.2, -0.15) is 0 Å². The van der Waals surface area contributed by atoms with Gasteiger partial charge in [0.05, 0.1) is 12.7 Å². The summed E-state index contributed by atoms with van der Waals surface area (Å²) in [6.45, 7) is 18.2. The highest BCUT2D eigenvalue weighted by atomic mass is 32.1. The first kappa shape index (κ1) is 24.9. The van der Waals surface area contributed by atoms with Gasteiger partial charge in [0, 0.05) is 15.2 Å². The van der Waals surface area contributed by atoms with Crippen LogP contribution in [0.15, 0.2) is 24.3 Å². The smallest absolute Gasteiger partial charge is 0.122 e. The zero-order valence-corrected chi connectivity index (χ0v) is 21.2. The van der Waals surface area contributed by atoms with E-state index in [2.05, 4.69) is 79.7 Å². The summed E-state index contributed by atoms with van der Waals surface area (Å²) >= 11 is 1.94. The van der Waals surface area contributed by atoms with Crippen LogP contribution in [0.3, 0.4) is 0 Å². The Kier molecular flexibility index (Phi) is 8.59. The number of benzene rings is 1. The molecule has 168 valence electrons. The van der Waals surface area contributed by atoms with Crippen molar-refractivity contribution < 1.29 is 9.84 Å². The van der Waals surface area contributed by atoms with Crippen LogP contribution in [0, 0.1) is 19.3 Å². The minimum Gasteiger partial charge on any atom is -0.493 e. The molecule has 1 atom stereocenters. The molecule has 0 amide bonds. The van der Waals surface area contributed by atoms with Gasteiger partial charge in [-0.15, -0.1) is 11.3 Å². The molecule has 2 nitrogen and oxygen atoms in total. The Morgan fingerprint density at radius 1 is 1.00 bits per heavy atom. The summed E-state index contributed by atoms with van der Waals surface area (Å²) in [5.74, 6) is 1.00. The summed E-state index contributed by atoms with van der Waals surface area (Å²) in [7, 11) is 0. The van der Waals surface area contributed by atoms with Gasteiger partial charge in [-0.25, -0.2) is 0 Å². The SMILES string of the molecule is CCCOc1ccc(C(CC)(CC)c2cc(C)c(CCC(O)C(C)(C)C)s2)cc1C. The fraction of sp³-hybridized carbons (Fsp3) is 0.630. The maximum atomic E-state index is 10.5. The molecule has 3 heteroatoms. The van der Waals surface area contributed by atoms with Crippen LogP contribution in [-0.2, 0) is 11.8 Å². The Labute approximate surface area is 188 Å². The van der Waals surface area contributed by atoms with Crippen LogP contribution in [0.5, 0.6) is 5.75 Å². The lowest BCUT2D eigenvalue weighted by atomic mass is 9.74. The van der Waals surface area contributed by atoms with Gasteiger partial charge in [-0.3, -0.25) is 0 Å². The number of aliphatic hydroxyl groups is 1. The average Bonchev–Trinajstić information content (AvgIpc) is 3.07. The van der Waals surface area contributed by atoms with Crippen molar-refractivity contribution >= 4 is 11.3 Å². The Hall–Kier alpha value is -1.32. The molecule has 1 aromatic carbocycles. The summed E-state index contributed by atoms with van der Waals surface area (Å²) in [6, 6.07) is 9.15. The number of aryl methyl sites for hydroxylation is 3. The number of hydrogen-bond donors (Lipinski definition) is 1. The molecule has 0 aliphatic carbocycles. The Morgan fingerprint density at radius 2 is 1.67 bits per heavy atom. The Bertz CT molecular complexity index is 809. The van der Waals surface area contributed by atoms with E-state index in [0.29, 0.717) is 0 Å². The van der Waals surface area contributed by atoms with Crippen molar-refractivity contribution in [2.45, 2.75) is 99.0 Å². The molecule has 0 radical (unpaired) electrons. The first-order chi connectivity index (χ1) is 14.1. The van der Waals surface area contributed by atoms with E-state index in [1.807, 2.05) is 11.3 Å². The second-order valence-corrected chi connectivity index (χ2v) is 10.9. The molecule has 0 spiro atoms. The van der Waals surface area contributed by atoms with Crippen LogP contribution >= 0.6 is 11.3 Å². The Balaban J connectivity index is 2.35. The maximum absolute atomic E-state index is 10.5. The number of hydrogen-bond acceptors (Lipinski definition) is 3. The summed E-state index contributed by atoms with van der Waals surface area (Å²) < 4.78 is 5.91. The van der Waals surface area contributed by atoms with Gasteiger partial charge in [-0.1, -0.05) is 53.7 Å². The summed E-state index contributed by atoms with van der Waals surface area (Å²) in [4.78, 5) is 2.87. The fourth-order valence-electron chi connectivity index (χ4n) is 4.17. The Morgan fingerprint density at radius 3 is 2.20 bits per heavy atom. The highest BCUT2D eigenvalue weighted by Gasteiger charge is 2.33. The molecule has 0 bridgehead atoms. The van der Waals surface area contributed by atoms with Crippen LogP contribution in [-0.4, -0.2) is 17.8 Å². The van der Waals surface area contributed by atoms with Gasteiger partial charge in [0.25, 0.3) is 0 Å². The van der Waals surface area contributed by atoms with Gasteiger partial charge in [0.1, 0.15) is 5.75 Å². The van der Waals surface area contributed by atoms with Crippen LogP contribution in [0.1, 0.15) is 93.7 Å². The lowest BCUT2D eigenvalue weighted by Crippen LogP contribution is -2.26. The van der Waals surface area contributed by atoms with E-state index in [4.69, 9.17) is 4.74 Å². The molecule has 0 saturated heterocycles. The van der Waals surface area contributed by atoms with Crippen molar-refractivity contribution in [3.05, 3.63) is 50.7 Å². The summed E-state index contributed by atoms with van der Waals surface area (Å²) in [5, 5.41) is 10.5. The average molecular weight is 431 g/mol. The summed E-state index contributed by atoms with van der Waals surface area (Å²) in [6.07, 6.45) is 4.66. The van der Waals surface area contributed by atoms with E-state index in [-0.39, 0.29) is 16.9 Å². The van der Waals surface area contributed by atoms with Crippen molar-refractivity contribution in [1.29, 1.82) is 0 Å². The van der Waals surface area contributed by atoms with E-state index in [9.17, 15) is 5.11 Å². The molecule has 0 aliphatic heterocycles. The van der Waals surface area contributed by atoms with Gasteiger partial charge in [0.15, 0.2) is 0 Å². The molecule has 0 saturated carbocycles. The molecule has 1 heterocycles. The van der Waals surface area contributed by atoms with Crippen LogP contribution in [0.2, 0.25) is 0 Å². The zero-order valence-electron chi connectivity index (χ0n) is 20.4. The van der Waals surface area contributed by atoms with Crippen LogP contribution < -0.4 is 4.74 Å². The van der Waals surface area contributed by atoms with E-state index in [0.717, 1.165) is 44.5 Å². The van der Waals surface area contributed by atoms with E-state index in [1.54, 1.807) is 0 Å². The first-order valence-corrected chi connectivity index (χ1v) is 12.4. The molecule has 1 unspecified atom stereocenters. The predicted octanol–water partition coefficient (Wildman–Crippen LogP) is 7.60. The lowest BCUT2D eigenvalue weighted by Gasteiger charge is -2.32. The molecular formula is C27H42O2S. The number of thiophene rings is 1. The predicted molar refractivity (Wildman–Crippen MR) is 131 cm³/mol. The van der Waals surface area contributed by atoms with Crippen molar-refractivity contribution in [2.24, 2.45) is 5.41 Å². The minimum absolute atomic E-state index is 0.0321. The molecule has 30 heavy (non-hydrogen) atoms. The summed E-state index contributed by atoms with van der Waals surface area (Å²) in [5.41, 5.74) is 3.93. The topological polar surface area (TPSA) is 29.5 Å². The quantitative estimate of drug-likeness (QED) is 0.420. The first-order valence-electron chi connectivity index (χ1n) is 11.6. The normalized spacial score (nSPS) is 13.5. The number of rotatable bonds is 10. The van der Waals surface area contributed by atoms with Gasteiger partial charge < -0.3 is 9.84 Å². The number of aliphatic hydroxyl groups excluding tert-OH is 1. The van der Waals surface area contributed by atoms with E-state index >= 15 is 0 Å². The number of ether oxygens (including phenoxy) is 1. The van der Waals surface area contributed by atoms with Crippen molar-refractivity contribution in [3.63, 3.8) is 0 Å². The maximum Gasteiger partial charge on any atom is 0.122 e. The highest BCUT2D eigenvalue weighted by molar-refractivity contribution is 7.12. The van der Waals surface area contributed by atoms with Crippen LogP contribution in [0.4, 0.5) is 0 Å². The van der Waals surface area contributed by atoms with E-state index < -0.39 is 0 Å². The minimum atomic E-state index is -0.275. The van der Waals surface area contributed by atoms with Gasteiger partial charge in [0.2, 0.25) is 0 Å². The van der Waals surface area contributed by atoms with Crippen molar-refractivity contribution in [2.75, 3.05) is 6.61 Å². The molecule has 1 aromatic heterocycles.